The van der Waals surface area contributed by atoms with Crippen molar-refractivity contribution in [2.24, 2.45) is 5.73 Å². The molecule has 0 saturated carbocycles. The van der Waals surface area contributed by atoms with Crippen molar-refractivity contribution in [3.05, 3.63) is 0 Å². The molecule has 0 aliphatic heterocycles. The Morgan fingerprint density at radius 2 is 1.46 bits per heavy atom. The van der Waals surface area contributed by atoms with Crippen LogP contribution in [0.15, 0.2) is 0 Å². The molecule has 0 aliphatic rings. The standard InChI is InChI=1S/C3H11NO7P2/c4-2-1-3(5,12(6,7)8)13(9,10)11/h5H,1-2,4H2,(H2,6,7,8)(H2,9,10,11)/p-4. The minimum Gasteiger partial charge on any atom is -0.808 e. The van der Waals surface area contributed by atoms with Gasteiger partial charge in [0.05, 0.1) is 0 Å². The molecule has 3 N–H and O–H groups in total. The molecule has 0 heterocycles. The highest BCUT2D eigenvalue weighted by atomic mass is 31.2. The van der Waals surface area contributed by atoms with Gasteiger partial charge in [0.15, 0.2) is 0 Å². The summed E-state index contributed by atoms with van der Waals surface area (Å²) in [4.78, 5) is 41.1. The minimum atomic E-state index is -5.94. The van der Waals surface area contributed by atoms with Crippen molar-refractivity contribution in [3.63, 3.8) is 0 Å². The van der Waals surface area contributed by atoms with Crippen molar-refractivity contribution < 1.29 is 33.8 Å². The fourth-order valence-corrected chi connectivity index (χ4v) is 2.62. The molecule has 0 fully saturated rings. The Morgan fingerprint density at radius 3 is 1.54 bits per heavy atom. The van der Waals surface area contributed by atoms with E-state index in [-0.39, 0.29) is 0 Å². The lowest BCUT2D eigenvalue weighted by molar-refractivity contribution is -0.348. The zero-order chi connectivity index (χ0) is 10.9. The number of rotatable bonds is 4. The zero-order valence-corrected chi connectivity index (χ0v) is 8.07. The van der Waals surface area contributed by atoms with Gasteiger partial charge in [-0.15, -0.1) is 0 Å². The van der Waals surface area contributed by atoms with Crippen molar-refractivity contribution in [2.45, 2.75) is 11.5 Å². The molecule has 10 heteroatoms. The summed E-state index contributed by atoms with van der Waals surface area (Å²) in [5, 5.41) is 5.02. The molecule has 13 heavy (non-hydrogen) atoms. The van der Waals surface area contributed by atoms with Crippen molar-refractivity contribution in [3.8, 4) is 0 Å². The molecule has 0 aromatic heterocycles. The SMILES string of the molecule is NCCC(O)(P(=O)([O-])[O-])P(=O)([O-])[O-]. The van der Waals surface area contributed by atoms with Gasteiger partial charge in [0.25, 0.3) is 0 Å². The van der Waals surface area contributed by atoms with Crippen LogP contribution in [0, 0.1) is 0 Å². The number of hydrogen-bond donors (Lipinski definition) is 2. The molecule has 0 aromatic carbocycles. The molecular formula is C3H7NO7P2-4. The first-order valence-corrected chi connectivity index (χ1v) is 6.11. The number of aliphatic hydroxyl groups is 1. The molecule has 0 spiro atoms. The first-order valence-electron chi connectivity index (χ1n) is 3.03. The van der Waals surface area contributed by atoms with Crippen molar-refractivity contribution in [1.82, 2.24) is 0 Å². The van der Waals surface area contributed by atoms with Crippen LogP contribution in [-0.2, 0) is 9.13 Å². The van der Waals surface area contributed by atoms with Crippen LogP contribution in [0.4, 0.5) is 0 Å². The first-order chi connectivity index (χ1) is 5.56. The third-order valence-electron chi connectivity index (χ3n) is 1.36. The molecule has 0 radical (unpaired) electrons. The average Bonchev–Trinajstić information content (AvgIpc) is 1.82. The lowest BCUT2D eigenvalue weighted by Gasteiger charge is -2.55. The quantitative estimate of drug-likeness (QED) is 0.458. The van der Waals surface area contributed by atoms with E-state index in [9.17, 15) is 28.7 Å². The summed E-state index contributed by atoms with van der Waals surface area (Å²) in [5.74, 6) is 0. The molecule has 0 atom stereocenters. The molecule has 0 aliphatic carbocycles. The van der Waals surface area contributed by atoms with E-state index in [1.807, 2.05) is 0 Å². The predicted molar refractivity (Wildman–Crippen MR) is 33.8 cm³/mol. The van der Waals surface area contributed by atoms with E-state index >= 15 is 0 Å². The third-order valence-corrected chi connectivity index (χ3v) is 5.03. The Morgan fingerprint density at radius 1 is 1.15 bits per heavy atom. The van der Waals surface area contributed by atoms with Crippen LogP contribution in [0.2, 0.25) is 0 Å². The second-order valence-electron chi connectivity index (χ2n) is 2.31. The van der Waals surface area contributed by atoms with Gasteiger partial charge in [-0.3, -0.25) is 0 Å². The maximum atomic E-state index is 10.3. The fraction of sp³-hybridized carbons (Fsp3) is 1.00. The third kappa shape index (κ3) is 2.59. The molecule has 80 valence electrons. The minimum absolute atomic E-state index is 0.612. The van der Waals surface area contributed by atoms with Gasteiger partial charge >= 0.3 is 0 Å². The summed E-state index contributed by atoms with van der Waals surface area (Å²) in [5.41, 5.74) is 4.75. The lowest BCUT2D eigenvalue weighted by atomic mass is 10.5. The van der Waals surface area contributed by atoms with E-state index in [1.54, 1.807) is 0 Å². The van der Waals surface area contributed by atoms with Crippen LogP contribution in [0.25, 0.3) is 0 Å². The first kappa shape index (κ1) is 13.2. The summed E-state index contributed by atoms with van der Waals surface area (Å²) < 4.78 is 20.6. The summed E-state index contributed by atoms with van der Waals surface area (Å²) >= 11 is 0. The van der Waals surface area contributed by atoms with E-state index in [2.05, 4.69) is 0 Å². The Labute approximate surface area is 73.7 Å². The Balaban J connectivity index is 5.22. The van der Waals surface area contributed by atoms with Gasteiger partial charge in [0.2, 0.25) is 0 Å². The van der Waals surface area contributed by atoms with E-state index < -0.39 is 33.2 Å². The predicted octanol–water partition coefficient (Wildman–Crippen LogP) is -4.19. The second-order valence-corrected chi connectivity index (χ2v) is 6.13. The van der Waals surface area contributed by atoms with Crippen LogP contribution < -0.4 is 25.3 Å². The van der Waals surface area contributed by atoms with Crippen LogP contribution in [0.3, 0.4) is 0 Å². The van der Waals surface area contributed by atoms with Crippen LogP contribution in [0.1, 0.15) is 6.42 Å². The molecule has 0 unspecified atom stereocenters. The normalized spacial score (nSPS) is 14.6. The maximum Gasteiger partial charge on any atom is 0.118 e. The van der Waals surface area contributed by atoms with Gasteiger partial charge in [0.1, 0.15) is 5.08 Å². The summed E-state index contributed by atoms with van der Waals surface area (Å²) in [6.45, 7) is -0.612. The molecule has 0 bridgehead atoms. The van der Waals surface area contributed by atoms with Crippen LogP contribution in [-0.4, -0.2) is 16.7 Å². The van der Waals surface area contributed by atoms with Crippen molar-refractivity contribution >= 4 is 15.2 Å². The topological polar surface area (TPSA) is 173 Å². The Hall–Kier alpha value is 0.220. The van der Waals surface area contributed by atoms with Gasteiger partial charge in [-0.2, -0.15) is 0 Å². The van der Waals surface area contributed by atoms with Gasteiger partial charge in [0, 0.05) is 0 Å². The average molecular weight is 231 g/mol. The van der Waals surface area contributed by atoms with Crippen molar-refractivity contribution in [1.29, 1.82) is 0 Å². The molecule has 0 rings (SSSR count). The van der Waals surface area contributed by atoms with Crippen LogP contribution >= 0.6 is 15.2 Å². The van der Waals surface area contributed by atoms with E-state index in [0.717, 1.165) is 0 Å². The largest absolute Gasteiger partial charge is 0.808 e. The highest BCUT2D eigenvalue weighted by molar-refractivity contribution is 7.69. The Bertz CT molecular complexity index is 243. The van der Waals surface area contributed by atoms with Gasteiger partial charge in [-0.1, -0.05) is 0 Å². The summed E-state index contributed by atoms with van der Waals surface area (Å²) in [6, 6.07) is 0. The van der Waals surface area contributed by atoms with Crippen molar-refractivity contribution in [2.75, 3.05) is 6.54 Å². The smallest absolute Gasteiger partial charge is 0.118 e. The lowest BCUT2D eigenvalue weighted by Crippen LogP contribution is -2.46. The zero-order valence-electron chi connectivity index (χ0n) is 6.28. The second kappa shape index (κ2) is 3.76. The number of nitrogens with two attached hydrogens (primary N) is 1. The van der Waals surface area contributed by atoms with E-state index in [0.29, 0.717) is 0 Å². The van der Waals surface area contributed by atoms with Crippen LogP contribution in [0.5, 0.6) is 0 Å². The molecular weight excluding hydrogens is 224 g/mol. The Kier molecular flexibility index (Phi) is 3.83. The number of hydrogen-bond acceptors (Lipinski definition) is 8. The van der Waals surface area contributed by atoms with Gasteiger partial charge in [-0.05, 0) is 28.2 Å². The van der Waals surface area contributed by atoms with E-state index in [4.69, 9.17) is 10.8 Å². The highest BCUT2D eigenvalue weighted by Crippen LogP contribution is 2.60. The fourth-order valence-electron chi connectivity index (χ4n) is 0.618. The monoisotopic (exact) mass is 231 g/mol. The molecule has 0 saturated heterocycles. The molecule has 0 amide bonds. The molecule has 0 aromatic rings. The maximum absolute atomic E-state index is 10.3. The van der Waals surface area contributed by atoms with E-state index in [1.165, 1.54) is 0 Å². The van der Waals surface area contributed by atoms with Gasteiger partial charge < -0.3 is 39.5 Å². The van der Waals surface area contributed by atoms with Gasteiger partial charge in [-0.25, -0.2) is 0 Å². The summed E-state index contributed by atoms with van der Waals surface area (Å²) in [6.07, 6.45) is -1.12. The highest BCUT2D eigenvalue weighted by Gasteiger charge is 2.34. The molecule has 8 nitrogen and oxygen atoms in total. The summed E-state index contributed by atoms with van der Waals surface area (Å²) in [7, 11) is -11.9.